The number of hydrogen-bond donors (Lipinski definition) is 2. The number of amides is 1. The number of hydrogen-bond acceptors (Lipinski definition) is 3. The summed E-state index contributed by atoms with van der Waals surface area (Å²) in [5.41, 5.74) is 5.46. The van der Waals surface area contributed by atoms with Crippen molar-refractivity contribution < 1.29 is 9.53 Å². The number of methoxy groups -OCH3 is 1. The van der Waals surface area contributed by atoms with Crippen LogP contribution < -0.4 is 11.1 Å². The van der Waals surface area contributed by atoms with E-state index in [9.17, 15) is 4.79 Å². The van der Waals surface area contributed by atoms with Crippen molar-refractivity contribution in [1.29, 1.82) is 0 Å². The molecule has 0 radical (unpaired) electrons. The van der Waals surface area contributed by atoms with Crippen molar-refractivity contribution in [3.63, 3.8) is 0 Å². The van der Waals surface area contributed by atoms with Gasteiger partial charge in [-0.2, -0.15) is 0 Å². The molecule has 94 valence electrons. The molecule has 0 bridgehead atoms. The van der Waals surface area contributed by atoms with Gasteiger partial charge in [-0.15, -0.1) is 0 Å². The first-order valence-electron chi connectivity index (χ1n) is 6.18. The maximum atomic E-state index is 12.2. The molecule has 0 aromatic heterocycles. The Morgan fingerprint density at radius 2 is 2.12 bits per heavy atom. The van der Waals surface area contributed by atoms with Crippen LogP contribution in [0.4, 0.5) is 0 Å². The van der Waals surface area contributed by atoms with E-state index in [0.29, 0.717) is 13.2 Å². The molecule has 4 heteroatoms. The van der Waals surface area contributed by atoms with Gasteiger partial charge >= 0.3 is 0 Å². The van der Waals surface area contributed by atoms with Gasteiger partial charge in [0.1, 0.15) is 0 Å². The summed E-state index contributed by atoms with van der Waals surface area (Å²) < 4.78 is 5.08. The third kappa shape index (κ3) is 2.95. The molecule has 0 spiro atoms. The van der Waals surface area contributed by atoms with E-state index in [1.165, 1.54) is 0 Å². The number of carbonyl (C=O) groups excluding carboxylic acids is 1. The molecular formula is C12H24N2O2. The van der Waals surface area contributed by atoms with Gasteiger partial charge in [-0.05, 0) is 19.3 Å². The Hall–Kier alpha value is -0.610. The molecule has 1 fully saturated rings. The van der Waals surface area contributed by atoms with Crippen LogP contribution in [0.5, 0.6) is 0 Å². The van der Waals surface area contributed by atoms with Gasteiger partial charge in [-0.25, -0.2) is 0 Å². The molecular weight excluding hydrogens is 204 g/mol. The van der Waals surface area contributed by atoms with Crippen LogP contribution in [0, 0.1) is 5.41 Å². The molecule has 1 aliphatic rings. The summed E-state index contributed by atoms with van der Waals surface area (Å²) >= 11 is 0. The van der Waals surface area contributed by atoms with E-state index in [1.54, 1.807) is 7.11 Å². The lowest BCUT2D eigenvalue weighted by atomic mass is 9.85. The fourth-order valence-corrected chi connectivity index (χ4v) is 2.38. The molecule has 1 unspecified atom stereocenters. The van der Waals surface area contributed by atoms with Crippen molar-refractivity contribution in [2.24, 2.45) is 11.1 Å². The summed E-state index contributed by atoms with van der Waals surface area (Å²) in [6.07, 6.45) is 4.98. The second kappa shape index (κ2) is 6.21. The van der Waals surface area contributed by atoms with Crippen LogP contribution in [0.2, 0.25) is 0 Å². The molecule has 1 aliphatic carbocycles. The minimum absolute atomic E-state index is 0.113. The molecule has 0 saturated heterocycles. The van der Waals surface area contributed by atoms with Gasteiger partial charge in [0, 0.05) is 13.7 Å². The summed E-state index contributed by atoms with van der Waals surface area (Å²) in [5.74, 6) is 0.122. The summed E-state index contributed by atoms with van der Waals surface area (Å²) in [6, 6.07) is 0.113. The van der Waals surface area contributed by atoms with Crippen LogP contribution in [0.1, 0.15) is 39.0 Å². The second-order valence-electron chi connectivity index (χ2n) is 4.73. The highest BCUT2D eigenvalue weighted by atomic mass is 16.5. The van der Waals surface area contributed by atoms with Gasteiger partial charge in [0.2, 0.25) is 5.91 Å². The molecule has 0 aliphatic heterocycles. The largest absolute Gasteiger partial charge is 0.383 e. The second-order valence-corrected chi connectivity index (χ2v) is 4.73. The standard InChI is InChI=1S/C12H24N2O2/c1-3-10(8-16-2)14-11(15)12(9-13)6-4-5-7-12/h10H,3-9,13H2,1-2H3,(H,14,15). The minimum Gasteiger partial charge on any atom is -0.383 e. The van der Waals surface area contributed by atoms with Gasteiger partial charge in [-0.1, -0.05) is 19.8 Å². The van der Waals surface area contributed by atoms with E-state index in [4.69, 9.17) is 10.5 Å². The fourth-order valence-electron chi connectivity index (χ4n) is 2.38. The van der Waals surface area contributed by atoms with Crippen molar-refractivity contribution in [1.82, 2.24) is 5.32 Å². The van der Waals surface area contributed by atoms with Crippen molar-refractivity contribution in [3.8, 4) is 0 Å². The third-order valence-corrected chi connectivity index (χ3v) is 3.63. The molecule has 4 nitrogen and oxygen atoms in total. The maximum Gasteiger partial charge on any atom is 0.227 e. The van der Waals surface area contributed by atoms with Gasteiger partial charge in [0.15, 0.2) is 0 Å². The molecule has 16 heavy (non-hydrogen) atoms. The zero-order valence-electron chi connectivity index (χ0n) is 10.4. The molecule has 0 aromatic rings. The Morgan fingerprint density at radius 1 is 1.50 bits per heavy atom. The third-order valence-electron chi connectivity index (χ3n) is 3.63. The monoisotopic (exact) mass is 228 g/mol. The van der Waals surface area contributed by atoms with Crippen molar-refractivity contribution in [2.75, 3.05) is 20.3 Å². The van der Waals surface area contributed by atoms with Crippen molar-refractivity contribution in [2.45, 2.75) is 45.1 Å². The first kappa shape index (κ1) is 13.5. The Bertz CT molecular complexity index is 225. The molecule has 1 amide bonds. The summed E-state index contributed by atoms with van der Waals surface area (Å²) in [5, 5.41) is 3.06. The highest BCUT2D eigenvalue weighted by Crippen LogP contribution is 2.37. The molecule has 3 N–H and O–H groups in total. The van der Waals surface area contributed by atoms with Crippen LogP contribution in [0.3, 0.4) is 0 Å². The van der Waals surface area contributed by atoms with Gasteiger partial charge < -0.3 is 15.8 Å². The Balaban J connectivity index is 2.54. The zero-order valence-corrected chi connectivity index (χ0v) is 10.4. The SMILES string of the molecule is CCC(COC)NC(=O)C1(CN)CCCC1. The van der Waals surface area contributed by atoms with Gasteiger partial charge in [-0.3, -0.25) is 4.79 Å². The maximum absolute atomic E-state index is 12.2. The first-order valence-corrected chi connectivity index (χ1v) is 6.18. The quantitative estimate of drug-likeness (QED) is 0.714. The summed E-state index contributed by atoms with van der Waals surface area (Å²) in [4.78, 5) is 12.2. The average molecular weight is 228 g/mol. The first-order chi connectivity index (χ1) is 7.68. The predicted octanol–water partition coefficient (Wildman–Crippen LogP) is 1.05. The number of ether oxygens (including phenoxy) is 1. The van der Waals surface area contributed by atoms with Gasteiger partial charge in [0.25, 0.3) is 0 Å². The number of rotatable bonds is 6. The van der Waals surface area contributed by atoms with Crippen LogP contribution >= 0.6 is 0 Å². The lowest BCUT2D eigenvalue weighted by Gasteiger charge is -2.28. The Labute approximate surface area is 97.9 Å². The number of nitrogens with two attached hydrogens (primary N) is 1. The van der Waals surface area contributed by atoms with E-state index >= 15 is 0 Å². The smallest absolute Gasteiger partial charge is 0.227 e. The van der Waals surface area contributed by atoms with Crippen LogP contribution in [0.15, 0.2) is 0 Å². The molecule has 0 aromatic carbocycles. The molecule has 1 atom stereocenters. The minimum atomic E-state index is -0.304. The lowest BCUT2D eigenvalue weighted by Crippen LogP contribution is -2.49. The average Bonchev–Trinajstić information content (AvgIpc) is 2.78. The fraction of sp³-hybridized carbons (Fsp3) is 0.917. The number of nitrogens with one attached hydrogen (secondary N) is 1. The molecule has 1 saturated carbocycles. The lowest BCUT2D eigenvalue weighted by molar-refractivity contribution is -0.131. The van der Waals surface area contributed by atoms with Crippen LogP contribution in [0.25, 0.3) is 0 Å². The molecule has 1 rings (SSSR count). The zero-order chi connectivity index (χ0) is 12.0. The summed E-state index contributed by atoms with van der Waals surface area (Å²) in [7, 11) is 1.66. The van der Waals surface area contributed by atoms with E-state index in [0.717, 1.165) is 32.1 Å². The van der Waals surface area contributed by atoms with Crippen molar-refractivity contribution >= 4 is 5.91 Å². The highest BCUT2D eigenvalue weighted by Gasteiger charge is 2.40. The van der Waals surface area contributed by atoms with E-state index < -0.39 is 0 Å². The number of carbonyl (C=O) groups is 1. The van der Waals surface area contributed by atoms with E-state index in [-0.39, 0.29) is 17.4 Å². The van der Waals surface area contributed by atoms with Crippen molar-refractivity contribution in [3.05, 3.63) is 0 Å². The Morgan fingerprint density at radius 3 is 2.56 bits per heavy atom. The Kier molecular flexibility index (Phi) is 5.22. The van der Waals surface area contributed by atoms with E-state index in [1.807, 2.05) is 6.92 Å². The topological polar surface area (TPSA) is 64.3 Å². The van der Waals surface area contributed by atoms with Crippen LogP contribution in [-0.2, 0) is 9.53 Å². The van der Waals surface area contributed by atoms with E-state index in [2.05, 4.69) is 5.32 Å². The molecule has 0 heterocycles. The van der Waals surface area contributed by atoms with Crippen LogP contribution in [-0.4, -0.2) is 32.2 Å². The van der Waals surface area contributed by atoms with Gasteiger partial charge in [0.05, 0.1) is 18.1 Å². The highest BCUT2D eigenvalue weighted by molar-refractivity contribution is 5.83. The summed E-state index contributed by atoms with van der Waals surface area (Å²) in [6.45, 7) is 3.08. The normalized spacial score (nSPS) is 20.7. The predicted molar refractivity (Wildman–Crippen MR) is 64.1 cm³/mol.